The van der Waals surface area contributed by atoms with E-state index in [0.717, 1.165) is 16.7 Å². The zero-order valence-electron chi connectivity index (χ0n) is 13.4. The van der Waals surface area contributed by atoms with Gasteiger partial charge in [-0.25, -0.2) is 0 Å². The Bertz CT molecular complexity index is 831. The van der Waals surface area contributed by atoms with Crippen molar-refractivity contribution >= 4 is 22.5 Å². The molecule has 1 amide bonds. The Morgan fingerprint density at radius 2 is 1.75 bits per heavy atom. The molecule has 122 valence electrons. The van der Waals surface area contributed by atoms with Crippen molar-refractivity contribution in [2.24, 2.45) is 0 Å². The second kappa shape index (κ2) is 7.46. The van der Waals surface area contributed by atoms with Crippen LogP contribution in [0.5, 0.6) is 11.5 Å². The van der Waals surface area contributed by atoms with Gasteiger partial charge in [-0.05, 0) is 43.3 Å². The fraction of sp³-hybridized carbons (Fsp3) is 0.158. The summed E-state index contributed by atoms with van der Waals surface area (Å²) in [5, 5.41) is 3.76. The molecular formula is C19H18N2O3. The maximum Gasteiger partial charge on any atom is 0.262 e. The van der Waals surface area contributed by atoms with Gasteiger partial charge >= 0.3 is 0 Å². The lowest BCUT2D eigenvalue weighted by molar-refractivity contribution is -0.118. The number of fused-ring (bicyclic) bond motifs is 1. The summed E-state index contributed by atoms with van der Waals surface area (Å²) in [7, 11) is 0. The van der Waals surface area contributed by atoms with E-state index in [1.807, 2.05) is 49.4 Å². The number of aromatic nitrogens is 1. The smallest absolute Gasteiger partial charge is 0.262 e. The first kappa shape index (κ1) is 15.8. The Hall–Kier alpha value is -3.08. The van der Waals surface area contributed by atoms with Crippen molar-refractivity contribution in [2.45, 2.75) is 6.92 Å². The Morgan fingerprint density at radius 1 is 1.04 bits per heavy atom. The van der Waals surface area contributed by atoms with E-state index in [2.05, 4.69) is 10.3 Å². The van der Waals surface area contributed by atoms with Crippen molar-refractivity contribution < 1.29 is 14.3 Å². The summed E-state index contributed by atoms with van der Waals surface area (Å²) in [5.74, 6) is 1.16. The van der Waals surface area contributed by atoms with E-state index >= 15 is 0 Å². The topological polar surface area (TPSA) is 60.5 Å². The van der Waals surface area contributed by atoms with Gasteiger partial charge in [-0.1, -0.05) is 18.2 Å². The zero-order valence-corrected chi connectivity index (χ0v) is 13.4. The molecule has 3 rings (SSSR count). The largest absolute Gasteiger partial charge is 0.494 e. The Kier molecular flexibility index (Phi) is 4.91. The lowest BCUT2D eigenvalue weighted by atomic mass is 10.2. The van der Waals surface area contributed by atoms with Crippen molar-refractivity contribution in [3.63, 3.8) is 0 Å². The quantitative estimate of drug-likeness (QED) is 0.752. The van der Waals surface area contributed by atoms with E-state index in [1.54, 1.807) is 18.3 Å². The van der Waals surface area contributed by atoms with E-state index < -0.39 is 0 Å². The normalized spacial score (nSPS) is 10.4. The molecule has 0 spiro atoms. The monoisotopic (exact) mass is 322 g/mol. The molecule has 2 aromatic carbocycles. The number of hydrogen-bond acceptors (Lipinski definition) is 4. The summed E-state index contributed by atoms with van der Waals surface area (Å²) in [6.07, 6.45) is 1.64. The average molecular weight is 322 g/mol. The fourth-order valence-corrected chi connectivity index (χ4v) is 2.28. The number of nitrogens with zero attached hydrogens (tertiary/aromatic N) is 1. The number of anilines is 1. The number of benzene rings is 2. The number of ether oxygens (including phenoxy) is 2. The molecule has 0 unspecified atom stereocenters. The van der Waals surface area contributed by atoms with Gasteiger partial charge in [0.2, 0.25) is 0 Å². The summed E-state index contributed by atoms with van der Waals surface area (Å²) in [5.41, 5.74) is 1.54. The van der Waals surface area contributed by atoms with Crippen molar-refractivity contribution in [3.05, 3.63) is 60.8 Å². The molecule has 1 heterocycles. The number of carbonyl (C=O) groups excluding carboxylic acids is 1. The van der Waals surface area contributed by atoms with Crippen LogP contribution < -0.4 is 14.8 Å². The van der Waals surface area contributed by atoms with E-state index in [9.17, 15) is 4.79 Å². The minimum Gasteiger partial charge on any atom is -0.494 e. The van der Waals surface area contributed by atoms with Crippen LogP contribution in [-0.2, 0) is 4.79 Å². The first-order valence-electron chi connectivity index (χ1n) is 7.75. The fourth-order valence-electron chi connectivity index (χ4n) is 2.28. The number of amides is 1. The van der Waals surface area contributed by atoms with Gasteiger partial charge in [-0.3, -0.25) is 9.78 Å². The van der Waals surface area contributed by atoms with Gasteiger partial charge in [-0.2, -0.15) is 0 Å². The second-order valence-electron chi connectivity index (χ2n) is 5.16. The minimum atomic E-state index is -0.235. The molecule has 0 aliphatic heterocycles. The highest BCUT2D eigenvalue weighted by Gasteiger charge is 2.05. The van der Waals surface area contributed by atoms with Crippen LogP contribution in [0, 0.1) is 0 Å². The molecule has 3 aromatic rings. The first-order chi connectivity index (χ1) is 11.7. The van der Waals surface area contributed by atoms with Crippen molar-refractivity contribution in [3.8, 4) is 11.5 Å². The molecule has 0 fully saturated rings. The zero-order chi connectivity index (χ0) is 16.8. The molecular weight excluding hydrogens is 304 g/mol. The molecule has 0 atom stereocenters. The van der Waals surface area contributed by atoms with Gasteiger partial charge in [0.25, 0.3) is 5.91 Å². The van der Waals surface area contributed by atoms with E-state index in [0.29, 0.717) is 18.0 Å². The number of pyridine rings is 1. The molecule has 5 nitrogen and oxygen atoms in total. The first-order valence-corrected chi connectivity index (χ1v) is 7.75. The standard InChI is InChI=1S/C19H18N2O3/c1-2-23-16-7-9-17(10-8-16)24-13-19(22)21-15-11-14-5-3-4-6-18(14)20-12-15/h3-12H,2,13H2,1H3,(H,21,22). The molecule has 0 saturated heterocycles. The van der Waals surface area contributed by atoms with Crippen LogP contribution in [0.4, 0.5) is 5.69 Å². The second-order valence-corrected chi connectivity index (χ2v) is 5.16. The maximum absolute atomic E-state index is 12.0. The summed E-state index contributed by atoms with van der Waals surface area (Å²) < 4.78 is 10.8. The predicted octanol–water partition coefficient (Wildman–Crippen LogP) is 3.65. The van der Waals surface area contributed by atoms with E-state index in [4.69, 9.17) is 9.47 Å². The third-order valence-corrected chi connectivity index (χ3v) is 3.38. The maximum atomic E-state index is 12.0. The Balaban J connectivity index is 1.56. The number of carbonyl (C=O) groups is 1. The highest BCUT2D eigenvalue weighted by molar-refractivity contribution is 5.93. The number of rotatable bonds is 6. The Morgan fingerprint density at radius 3 is 2.50 bits per heavy atom. The molecule has 5 heteroatoms. The number of para-hydroxylation sites is 1. The van der Waals surface area contributed by atoms with Gasteiger partial charge in [0.1, 0.15) is 11.5 Å². The molecule has 24 heavy (non-hydrogen) atoms. The molecule has 0 radical (unpaired) electrons. The summed E-state index contributed by atoms with van der Waals surface area (Å²) in [4.78, 5) is 16.3. The minimum absolute atomic E-state index is 0.0686. The van der Waals surface area contributed by atoms with Gasteiger partial charge in [0.15, 0.2) is 6.61 Å². The molecule has 1 aromatic heterocycles. The summed E-state index contributed by atoms with van der Waals surface area (Å²) in [6, 6.07) is 16.8. The van der Waals surface area contributed by atoms with E-state index in [-0.39, 0.29) is 12.5 Å². The molecule has 0 aliphatic carbocycles. The lowest BCUT2D eigenvalue weighted by Crippen LogP contribution is -2.20. The summed E-state index contributed by atoms with van der Waals surface area (Å²) in [6.45, 7) is 2.47. The predicted molar refractivity (Wildman–Crippen MR) is 93.5 cm³/mol. The van der Waals surface area contributed by atoms with Gasteiger partial charge in [0.05, 0.1) is 24.0 Å². The van der Waals surface area contributed by atoms with Crippen LogP contribution >= 0.6 is 0 Å². The van der Waals surface area contributed by atoms with E-state index in [1.165, 1.54) is 0 Å². The molecule has 1 N–H and O–H groups in total. The highest BCUT2D eigenvalue weighted by Crippen LogP contribution is 2.18. The number of nitrogens with one attached hydrogen (secondary N) is 1. The third-order valence-electron chi connectivity index (χ3n) is 3.38. The van der Waals surface area contributed by atoms with Crippen LogP contribution in [0.1, 0.15) is 6.92 Å². The molecule has 0 aliphatic rings. The Labute approximate surface area is 140 Å². The molecule has 0 bridgehead atoms. The van der Waals surface area contributed by atoms with Crippen LogP contribution in [0.3, 0.4) is 0 Å². The van der Waals surface area contributed by atoms with Crippen molar-refractivity contribution in [2.75, 3.05) is 18.5 Å². The lowest BCUT2D eigenvalue weighted by Gasteiger charge is -2.09. The van der Waals surface area contributed by atoms with Crippen LogP contribution in [0.25, 0.3) is 10.9 Å². The number of hydrogen-bond donors (Lipinski definition) is 1. The van der Waals surface area contributed by atoms with Crippen LogP contribution in [0.15, 0.2) is 60.8 Å². The third kappa shape index (κ3) is 4.01. The highest BCUT2D eigenvalue weighted by atomic mass is 16.5. The SMILES string of the molecule is CCOc1ccc(OCC(=O)Nc2cnc3ccccc3c2)cc1. The van der Waals surface area contributed by atoms with Gasteiger partial charge < -0.3 is 14.8 Å². The van der Waals surface area contributed by atoms with Gasteiger partial charge in [-0.15, -0.1) is 0 Å². The summed E-state index contributed by atoms with van der Waals surface area (Å²) >= 11 is 0. The average Bonchev–Trinajstić information content (AvgIpc) is 2.61. The van der Waals surface area contributed by atoms with Crippen molar-refractivity contribution in [1.29, 1.82) is 0 Å². The van der Waals surface area contributed by atoms with Crippen molar-refractivity contribution in [1.82, 2.24) is 4.98 Å². The van der Waals surface area contributed by atoms with Crippen LogP contribution in [-0.4, -0.2) is 24.1 Å². The van der Waals surface area contributed by atoms with Crippen LogP contribution in [0.2, 0.25) is 0 Å². The molecule has 0 saturated carbocycles. The van der Waals surface area contributed by atoms with Gasteiger partial charge in [0, 0.05) is 5.39 Å².